The summed E-state index contributed by atoms with van der Waals surface area (Å²) in [5, 5.41) is 11.5. The van der Waals surface area contributed by atoms with Gasteiger partial charge in [-0.1, -0.05) is 6.07 Å². The molecule has 1 aromatic carbocycles. The molecule has 38 heavy (non-hydrogen) atoms. The number of nitrogens with zero attached hydrogens (tertiary/aromatic N) is 5. The van der Waals surface area contributed by atoms with Crippen LogP contribution in [0, 0.1) is 0 Å². The molecule has 2 fully saturated rings. The van der Waals surface area contributed by atoms with Gasteiger partial charge in [0.15, 0.2) is 5.82 Å². The van der Waals surface area contributed by atoms with E-state index < -0.39 is 18.3 Å². The minimum Gasteiger partial charge on any atom is -0.492 e. The fraction of sp³-hybridized carbons (Fsp3) is 0.520. The molecular formula is C25H30F2N6O5. The quantitative estimate of drug-likeness (QED) is 0.444. The van der Waals surface area contributed by atoms with E-state index in [4.69, 9.17) is 19.3 Å². The lowest BCUT2D eigenvalue weighted by atomic mass is 9.93. The van der Waals surface area contributed by atoms with Gasteiger partial charge in [0.2, 0.25) is 11.8 Å². The first kappa shape index (κ1) is 25.9. The normalized spacial score (nSPS) is 20.1. The van der Waals surface area contributed by atoms with Gasteiger partial charge >= 0.3 is 6.09 Å². The number of benzene rings is 1. The van der Waals surface area contributed by atoms with E-state index in [0.717, 1.165) is 0 Å². The highest BCUT2D eigenvalue weighted by Gasteiger charge is 2.27. The predicted molar refractivity (Wildman–Crippen MR) is 134 cm³/mol. The summed E-state index contributed by atoms with van der Waals surface area (Å²) < 4.78 is 47.1. The number of carbonyl (C=O) groups is 1. The van der Waals surface area contributed by atoms with Crippen LogP contribution in [0.1, 0.15) is 44.9 Å². The summed E-state index contributed by atoms with van der Waals surface area (Å²) >= 11 is 0. The van der Waals surface area contributed by atoms with Crippen molar-refractivity contribution in [3.8, 4) is 17.4 Å². The molecule has 11 nitrogen and oxygen atoms in total. The van der Waals surface area contributed by atoms with E-state index in [1.54, 1.807) is 24.3 Å². The fourth-order valence-corrected chi connectivity index (χ4v) is 4.90. The molecule has 1 aliphatic carbocycles. The predicted octanol–water partition coefficient (Wildman–Crippen LogP) is 3.95. The first-order valence-electron chi connectivity index (χ1n) is 12.7. The molecule has 204 valence electrons. The molecule has 0 unspecified atom stereocenters. The number of imidazole rings is 1. The first-order valence-corrected chi connectivity index (χ1v) is 12.7. The summed E-state index contributed by atoms with van der Waals surface area (Å²) in [6, 6.07) is 6.55. The van der Waals surface area contributed by atoms with Crippen molar-refractivity contribution in [2.75, 3.05) is 37.8 Å². The van der Waals surface area contributed by atoms with Crippen LogP contribution in [-0.2, 0) is 4.74 Å². The Morgan fingerprint density at radius 3 is 2.63 bits per heavy atom. The van der Waals surface area contributed by atoms with Gasteiger partial charge in [-0.25, -0.2) is 18.6 Å². The van der Waals surface area contributed by atoms with Crippen molar-refractivity contribution >= 4 is 23.1 Å². The van der Waals surface area contributed by atoms with E-state index in [-0.39, 0.29) is 23.8 Å². The van der Waals surface area contributed by atoms with Crippen LogP contribution >= 0.6 is 0 Å². The maximum absolute atomic E-state index is 14.3. The summed E-state index contributed by atoms with van der Waals surface area (Å²) in [5.74, 6) is 0.782. The SMILES string of the molecule is CCOc1cccc2c1nc(C(F)F)n2-c1cc(O[C@H]2CC[C@H](NC(=O)O)CC2)nc(N2CCOCC2)n1. The van der Waals surface area contributed by atoms with Crippen LogP contribution in [0.5, 0.6) is 11.6 Å². The van der Waals surface area contributed by atoms with Crippen LogP contribution in [0.2, 0.25) is 0 Å². The summed E-state index contributed by atoms with van der Waals surface area (Å²) in [5.41, 5.74) is 0.756. The Labute approximate surface area is 217 Å². The lowest BCUT2D eigenvalue weighted by Gasteiger charge is -2.30. The molecule has 2 aromatic heterocycles. The highest BCUT2D eigenvalue weighted by Crippen LogP contribution is 2.34. The van der Waals surface area contributed by atoms with E-state index in [2.05, 4.69) is 20.3 Å². The van der Waals surface area contributed by atoms with Crippen LogP contribution in [0.15, 0.2) is 24.3 Å². The second-order valence-corrected chi connectivity index (χ2v) is 9.17. The van der Waals surface area contributed by atoms with Crippen LogP contribution in [0.25, 0.3) is 16.9 Å². The molecule has 0 atom stereocenters. The summed E-state index contributed by atoms with van der Waals surface area (Å²) in [6.45, 7) is 4.28. The third-order valence-corrected chi connectivity index (χ3v) is 6.66. The Balaban J connectivity index is 1.53. The van der Waals surface area contributed by atoms with Crippen molar-refractivity contribution in [1.29, 1.82) is 0 Å². The van der Waals surface area contributed by atoms with Gasteiger partial charge in [0.25, 0.3) is 6.43 Å². The lowest BCUT2D eigenvalue weighted by molar-refractivity contribution is 0.120. The van der Waals surface area contributed by atoms with Gasteiger partial charge in [-0.2, -0.15) is 9.97 Å². The standard InChI is InChI=1S/C25H30F2N6O5/c1-2-37-18-5-3-4-17-21(18)31-23(22(26)27)33(17)19-14-20(30-24(29-19)32-10-12-36-13-11-32)38-16-8-6-15(7-9-16)28-25(34)35/h3-5,14-16,22,28H,2,6-13H2,1H3,(H,34,35)/t15-,16-. The van der Waals surface area contributed by atoms with Crippen molar-refractivity contribution in [3.05, 3.63) is 30.1 Å². The number of hydrogen-bond acceptors (Lipinski definition) is 8. The number of fused-ring (bicyclic) bond motifs is 1. The van der Waals surface area contributed by atoms with Crippen LogP contribution in [-0.4, -0.2) is 75.8 Å². The molecule has 1 amide bonds. The Morgan fingerprint density at radius 1 is 1.18 bits per heavy atom. The molecule has 3 aromatic rings. The molecule has 0 radical (unpaired) electrons. The van der Waals surface area contributed by atoms with Crippen molar-refractivity contribution < 1.29 is 32.9 Å². The van der Waals surface area contributed by atoms with Crippen LogP contribution in [0.4, 0.5) is 19.5 Å². The molecular weight excluding hydrogens is 502 g/mol. The number of rotatable bonds is 8. The molecule has 1 saturated carbocycles. The van der Waals surface area contributed by atoms with E-state index >= 15 is 0 Å². The van der Waals surface area contributed by atoms with Crippen LogP contribution in [0.3, 0.4) is 0 Å². The molecule has 0 spiro atoms. The van der Waals surface area contributed by atoms with Gasteiger partial charge in [0.05, 0.1) is 25.3 Å². The number of carboxylic acid groups (broad SMARTS) is 1. The smallest absolute Gasteiger partial charge is 0.404 e. The number of morpholine rings is 1. The number of aromatic nitrogens is 4. The number of ether oxygens (including phenoxy) is 3. The molecule has 13 heteroatoms. The number of para-hydroxylation sites is 1. The lowest BCUT2D eigenvalue weighted by Crippen LogP contribution is -2.39. The zero-order valence-corrected chi connectivity index (χ0v) is 21.0. The Bertz CT molecular complexity index is 1270. The van der Waals surface area contributed by atoms with Gasteiger partial charge in [-0.05, 0) is 44.7 Å². The van der Waals surface area contributed by atoms with Gasteiger partial charge in [0.1, 0.15) is 23.2 Å². The van der Waals surface area contributed by atoms with Gasteiger partial charge in [-0.3, -0.25) is 4.57 Å². The Kier molecular flexibility index (Phi) is 7.72. The topological polar surface area (TPSA) is 124 Å². The van der Waals surface area contributed by atoms with Gasteiger partial charge < -0.3 is 29.5 Å². The molecule has 0 bridgehead atoms. The van der Waals surface area contributed by atoms with E-state index in [9.17, 15) is 13.6 Å². The average Bonchev–Trinajstić information content (AvgIpc) is 3.31. The van der Waals surface area contributed by atoms with Gasteiger partial charge in [-0.15, -0.1) is 0 Å². The number of anilines is 1. The minimum absolute atomic E-state index is 0.123. The number of amides is 1. The zero-order chi connectivity index (χ0) is 26.6. The first-order chi connectivity index (χ1) is 18.4. The molecule has 3 heterocycles. The zero-order valence-electron chi connectivity index (χ0n) is 21.0. The Hall–Kier alpha value is -3.74. The molecule has 1 aliphatic heterocycles. The minimum atomic E-state index is -2.86. The maximum Gasteiger partial charge on any atom is 0.404 e. The fourth-order valence-electron chi connectivity index (χ4n) is 4.90. The molecule has 5 rings (SSSR count). The highest BCUT2D eigenvalue weighted by atomic mass is 19.3. The van der Waals surface area contributed by atoms with Crippen LogP contribution < -0.4 is 19.7 Å². The van der Waals surface area contributed by atoms with Crippen molar-refractivity contribution in [1.82, 2.24) is 24.8 Å². The molecule has 1 saturated heterocycles. The maximum atomic E-state index is 14.3. The summed E-state index contributed by atoms with van der Waals surface area (Å²) in [4.78, 5) is 26.4. The second-order valence-electron chi connectivity index (χ2n) is 9.17. The Morgan fingerprint density at radius 2 is 1.95 bits per heavy atom. The number of alkyl halides is 2. The monoisotopic (exact) mass is 532 g/mol. The van der Waals surface area contributed by atoms with Crippen molar-refractivity contribution in [3.63, 3.8) is 0 Å². The van der Waals surface area contributed by atoms with Crippen molar-refractivity contribution in [2.45, 2.75) is 51.2 Å². The summed E-state index contributed by atoms with van der Waals surface area (Å²) in [6.07, 6.45) is -1.57. The number of hydrogen-bond donors (Lipinski definition) is 2. The van der Waals surface area contributed by atoms with E-state index in [1.165, 1.54) is 4.57 Å². The number of halogens is 2. The summed E-state index contributed by atoms with van der Waals surface area (Å²) in [7, 11) is 0. The third kappa shape index (κ3) is 5.57. The second kappa shape index (κ2) is 11.3. The number of nitrogens with one attached hydrogen (secondary N) is 1. The largest absolute Gasteiger partial charge is 0.492 e. The van der Waals surface area contributed by atoms with E-state index in [1.807, 2.05) is 11.8 Å². The average molecular weight is 533 g/mol. The van der Waals surface area contributed by atoms with E-state index in [0.29, 0.717) is 81.3 Å². The highest BCUT2D eigenvalue weighted by molar-refractivity contribution is 5.84. The molecule has 2 N–H and O–H groups in total. The van der Waals surface area contributed by atoms with Gasteiger partial charge in [0, 0.05) is 25.2 Å². The third-order valence-electron chi connectivity index (χ3n) is 6.66. The van der Waals surface area contributed by atoms with Crippen molar-refractivity contribution in [2.24, 2.45) is 0 Å². The molecule has 2 aliphatic rings.